The fourth-order valence-corrected chi connectivity index (χ4v) is 5.06. The van der Waals surface area contributed by atoms with E-state index in [1.165, 1.54) is 12.1 Å². The number of anilines is 1. The number of benzene rings is 2. The van der Waals surface area contributed by atoms with Gasteiger partial charge in [0.25, 0.3) is 5.91 Å². The zero-order valence-electron chi connectivity index (χ0n) is 21.0. The minimum Gasteiger partial charge on any atom is -0.345 e. The first kappa shape index (κ1) is 23.6. The van der Waals surface area contributed by atoms with Crippen molar-refractivity contribution < 1.29 is 14.0 Å². The lowest BCUT2D eigenvalue weighted by atomic mass is 9.97. The maximum atomic E-state index is 13.7. The molecule has 1 saturated heterocycles. The third-order valence-corrected chi connectivity index (χ3v) is 6.97. The number of fused-ring (bicyclic) bond motifs is 1. The molecule has 0 saturated carbocycles. The highest BCUT2D eigenvalue weighted by Gasteiger charge is 2.49. The Morgan fingerprint density at radius 2 is 1.66 bits per heavy atom. The molecule has 1 fully saturated rings. The Hall–Kier alpha value is -4.80. The Bertz CT molecular complexity index is 1670. The number of nitrogens with one attached hydrogen (secondary N) is 1. The number of amides is 2. The molecule has 3 atom stereocenters. The minimum absolute atomic E-state index is 0.128. The van der Waals surface area contributed by atoms with Crippen LogP contribution in [-0.4, -0.2) is 47.2 Å². The first-order chi connectivity index (χ1) is 18.3. The molecule has 0 spiro atoms. The van der Waals surface area contributed by atoms with Crippen LogP contribution in [-0.2, 0) is 18.9 Å². The standard InChI is InChI=1S/C27H25FN8O2/c1-16-24(30-26(37)22-11-13-34(3)32-22)25(21-10-12-33(2)31-21)35(27(16)38)20-8-9-23-17(14-20)15-29-36(23)19-6-4-18(28)5-7-19/h4-16,24-25H,1-3H3,(H,30,37)/t16-,24-,25+/m0/s1. The number of carbonyl (C=O) groups excluding carboxylic acids is 2. The predicted molar refractivity (Wildman–Crippen MR) is 138 cm³/mol. The number of nitrogens with zero attached hydrogens (tertiary/aromatic N) is 7. The van der Waals surface area contributed by atoms with Gasteiger partial charge in [0.1, 0.15) is 17.6 Å². The SMILES string of the molecule is C[C@@H]1C(=O)N(c2ccc3c(cnn3-c3ccc(F)cc3)c2)[C@H](c2ccn(C)n2)[C@H]1NC(=O)c1ccn(C)n1. The summed E-state index contributed by atoms with van der Waals surface area (Å²) in [7, 11) is 3.55. The summed E-state index contributed by atoms with van der Waals surface area (Å²) in [5, 5.41) is 17.1. The Labute approximate surface area is 217 Å². The molecule has 192 valence electrons. The molecule has 2 aromatic carbocycles. The van der Waals surface area contributed by atoms with Gasteiger partial charge >= 0.3 is 0 Å². The summed E-state index contributed by atoms with van der Waals surface area (Å²) in [6.45, 7) is 1.81. The largest absolute Gasteiger partial charge is 0.345 e. The molecule has 10 nitrogen and oxygen atoms in total. The molecule has 5 aromatic rings. The fraction of sp³-hybridized carbons (Fsp3) is 0.222. The van der Waals surface area contributed by atoms with Crippen LogP contribution >= 0.6 is 0 Å². The monoisotopic (exact) mass is 512 g/mol. The molecule has 0 bridgehead atoms. The highest BCUT2D eigenvalue weighted by molar-refractivity contribution is 6.02. The summed E-state index contributed by atoms with van der Waals surface area (Å²) in [6, 6.07) is 14.1. The van der Waals surface area contributed by atoms with Crippen LogP contribution in [0.1, 0.15) is 29.1 Å². The maximum absolute atomic E-state index is 13.7. The maximum Gasteiger partial charge on any atom is 0.272 e. The molecule has 0 radical (unpaired) electrons. The Morgan fingerprint density at radius 3 is 2.34 bits per heavy atom. The summed E-state index contributed by atoms with van der Waals surface area (Å²) < 4.78 is 18.4. The predicted octanol–water partition coefficient (Wildman–Crippen LogP) is 3.15. The summed E-state index contributed by atoms with van der Waals surface area (Å²) in [6.07, 6.45) is 5.22. The van der Waals surface area contributed by atoms with Gasteiger partial charge in [-0.15, -0.1) is 0 Å². The van der Waals surface area contributed by atoms with Crippen molar-refractivity contribution in [2.24, 2.45) is 20.0 Å². The quantitative estimate of drug-likeness (QED) is 0.390. The van der Waals surface area contributed by atoms with E-state index in [9.17, 15) is 14.0 Å². The average molecular weight is 513 g/mol. The molecule has 38 heavy (non-hydrogen) atoms. The second kappa shape index (κ2) is 8.94. The van der Waals surface area contributed by atoms with Crippen molar-refractivity contribution >= 4 is 28.4 Å². The highest BCUT2D eigenvalue weighted by Crippen LogP contribution is 2.40. The van der Waals surface area contributed by atoms with E-state index in [4.69, 9.17) is 0 Å². The summed E-state index contributed by atoms with van der Waals surface area (Å²) in [4.78, 5) is 28.4. The van der Waals surface area contributed by atoms with Crippen LogP contribution in [0.3, 0.4) is 0 Å². The normalized spacial score (nSPS) is 19.4. The number of hydrogen-bond acceptors (Lipinski definition) is 5. The minimum atomic E-state index is -0.537. The molecule has 1 aliphatic heterocycles. The number of aromatic nitrogens is 6. The molecule has 1 aliphatic rings. The van der Waals surface area contributed by atoms with Gasteiger partial charge in [0.2, 0.25) is 5.91 Å². The Kier molecular flexibility index (Phi) is 5.55. The van der Waals surface area contributed by atoms with E-state index in [0.717, 1.165) is 16.6 Å². The van der Waals surface area contributed by atoms with Gasteiger partial charge in [-0.1, -0.05) is 6.92 Å². The second-order valence-corrected chi connectivity index (χ2v) is 9.51. The van der Waals surface area contributed by atoms with Crippen LogP contribution in [0.4, 0.5) is 10.1 Å². The molecule has 1 N–H and O–H groups in total. The molecule has 0 unspecified atom stereocenters. The summed E-state index contributed by atoms with van der Waals surface area (Å²) in [5.41, 5.74) is 3.15. The van der Waals surface area contributed by atoms with Crippen LogP contribution in [0, 0.1) is 11.7 Å². The van der Waals surface area contributed by atoms with E-state index in [1.54, 1.807) is 56.6 Å². The van der Waals surface area contributed by atoms with Gasteiger partial charge < -0.3 is 10.2 Å². The Morgan fingerprint density at radius 1 is 0.947 bits per heavy atom. The van der Waals surface area contributed by atoms with Gasteiger partial charge in [0, 0.05) is 37.6 Å². The number of halogens is 1. The summed E-state index contributed by atoms with van der Waals surface area (Å²) in [5.74, 6) is -1.31. The summed E-state index contributed by atoms with van der Waals surface area (Å²) >= 11 is 0. The van der Waals surface area contributed by atoms with Crippen molar-refractivity contribution in [3.63, 3.8) is 0 Å². The van der Waals surface area contributed by atoms with Crippen molar-refractivity contribution in [3.05, 3.63) is 90.4 Å². The second-order valence-electron chi connectivity index (χ2n) is 9.51. The van der Waals surface area contributed by atoms with Crippen molar-refractivity contribution in [1.82, 2.24) is 34.7 Å². The number of aryl methyl sites for hydroxylation is 2. The number of carbonyl (C=O) groups is 2. The van der Waals surface area contributed by atoms with Crippen molar-refractivity contribution in [2.75, 3.05) is 4.90 Å². The third-order valence-electron chi connectivity index (χ3n) is 6.97. The van der Waals surface area contributed by atoms with Gasteiger partial charge in [-0.05, 0) is 54.6 Å². The zero-order chi connectivity index (χ0) is 26.6. The molecule has 2 amide bonds. The lowest BCUT2D eigenvalue weighted by molar-refractivity contribution is -0.120. The fourth-order valence-electron chi connectivity index (χ4n) is 5.06. The van der Waals surface area contributed by atoms with Crippen LogP contribution in [0.2, 0.25) is 0 Å². The molecular formula is C27H25FN8O2. The molecule has 11 heteroatoms. The van der Waals surface area contributed by atoms with Crippen molar-refractivity contribution in [2.45, 2.75) is 19.0 Å². The van der Waals surface area contributed by atoms with E-state index in [-0.39, 0.29) is 23.3 Å². The zero-order valence-corrected chi connectivity index (χ0v) is 21.0. The Balaban J connectivity index is 1.39. The van der Waals surface area contributed by atoms with E-state index >= 15 is 0 Å². The van der Waals surface area contributed by atoms with Gasteiger partial charge in [0.05, 0.1) is 35.1 Å². The van der Waals surface area contributed by atoms with Gasteiger partial charge in [0.15, 0.2) is 0 Å². The lowest BCUT2D eigenvalue weighted by Gasteiger charge is -2.27. The molecule has 0 aliphatic carbocycles. The molecule has 6 rings (SSSR count). The van der Waals surface area contributed by atoms with Crippen LogP contribution in [0.5, 0.6) is 0 Å². The molecule has 3 aromatic heterocycles. The van der Waals surface area contributed by atoms with Gasteiger partial charge in [-0.25, -0.2) is 9.07 Å². The van der Waals surface area contributed by atoms with Gasteiger partial charge in [-0.2, -0.15) is 15.3 Å². The third kappa shape index (κ3) is 3.92. The van der Waals surface area contributed by atoms with E-state index in [1.807, 2.05) is 44.4 Å². The van der Waals surface area contributed by atoms with E-state index < -0.39 is 18.0 Å². The highest BCUT2D eigenvalue weighted by atomic mass is 19.1. The smallest absolute Gasteiger partial charge is 0.272 e. The molecule has 4 heterocycles. The number of hydrogen-bond donors (Lipinski definition) is 1. The topological polar surface area (TPSA) is 103 Å². The molecular weight excluding hydrogens is 487 g/mol. The van der Waals surface area contributed by atoms with E-state index in [0.29, 0.717) is 11.4 Å². The van der Waals surface area contributed by atoms with Crippen LogP contribution in [0.25, 0.3) is 16.6 Å². The van der Waals surface area contributed by atoms with Crippen LogP contribution < -0.4 is 10.2 Å². The average Bonchev–Trinajstić information content (AvgIpc) is 3.68. The van der Waals surface area contributed by atoms with Crippen molar-refractivity contribution in [3.8, 4) is 5.69 Å². The van der Waals surface area contributed by atoms with Crippen LogP contribution in [0.15, 0.2) is 73.2 Å². The van der Waals surface area contributed by atoms with Crippen molar-refractivity contribution in [1.29, 1.82) is 0 Å². The first-order valence-corrected chi connectivity index (χ1v) is 12.2. The lowest BCUT2D eigenvalue weighted by Crippen LogP contribution is -2.42. The number of rotatable bonds is 5. The van der Waals surface area contributed by atoms with E-state index in [2.05, 4.69) is 20.6 Å². The van der Waals surface area contributed by atoms with Gasteiger partial charge in [-0.3, -0.25) is 19.0 Å². The first-order valence-electron chi connectivity index (χ1n) is 12.2.